The lowest BCUT2D eigenvalue weighted by molar-refractivity contribution is -0.131. The van der Waals surface area contributed by atoms with Crippen LogP contribution in [0.25, 0.3) is 17.5 Å². The molecular weight excluding hydrogens is 470 g/mol. The standard InChI is InChI=1S/C18H13BrClN3O4S/c1-27-14-5-3-10(20)8-11(14)16-21-18(23-22-16)28-15(17(25)26)7-9-2-4-13(24)12(19)6-9/h2-8,24H,1H3,(H,25,26)(H,21,22,23)/b15-7-. The highest BCUT2D eigenvalue weighted by Gasteiger charge is 2.16. The monoisotopic (exact) mass is 481 g/mol. The minimum Gasteiger partial charge on any atom is -0.507 e. The molecule has 0 radical (unpaired) electrons. The van der Waals surface area contributed by atoms with Crippen molar-refractivity contribution in [1.29, 1.82) is 0 Å². The molecule has 0 aliphatic heterocycles. The lowest BCUT2D eigenvalue weighted by Gasteiger charge is -2.05. The van der Waals surface area contributed by atoms with Gasteiger partial charge in [0.2, 0.25) is 5.16 Å². The maximum atomic E-state index is 11.6. The number of nitrogens with one attached hydrogen (secondary N) is 1. The van der Waals surface area contributed by atoms with E-state index in [1.807, 2.05) is 0 Å². The molecule has 2 aromatic carbocycles. The molecule has 0 fully saturated rings. The maximum Gasteiger partial charge on any atom is 0.342 e. The predicted molar refractivity (Wildman–Crippen MR) is 111 cm³/mol. The van der Waals surface area contributed by atoms with E-state index in [0.717, 1.165) is 11.8 Å². The Morgan fingerprint density at radius 2 is 2.11 bits per heavy atom. The molecule has 0 bridgehead atoms. The molecule has 0 atom stereocenters. The highest BCUT2D eigenvalue weighted by atomic mass is 79.9. The Kier molecular flexibility index (Phi) is 6.28. The second-order valence-electron chi connectivity index (χ2n) is 5.44. The van der Waals surface area contributed by atoms with E-state index in [-0.39, 0.29) is 15.8 Å². The van der Waals surface area contributed by atoms with E-state index in [2.05, 4.69) is 31.1 Å². The number of phenolic OH excluding ortho intramolecular Hbond substituents is 1. The summed E-state index contributed by atoms with van der Waals surface area (Å²) in [5.41, 5.74) is 1.21. The molecule has 0 spiro atoms. The number of H-pyrrole nitrogens is 1. The first kappa shape index (κ1) is 20.2. The molecule has 7 nitrogen and oxygen atoms in total. The number of carboxylic acid groups (broad SMARTS) is 1. The number of carbonyl (C=O) groups is 1. The van der Waals surface area contributed by atoms with Gasteiger partial charge in [-0.25, -0.2) is 9.78 Å². The first-order chi connectivity index (χ1) is 13.4. The van der Waals surface area contributed by atoms with Crippen molar-refractivity contribution in [3.05, 3.63) is 56.4 Å². The van der Waals surface area contributed by atoms with E-state index in [0.29, 0.717) is 32.2 Å². The van der Waals surface area contributed by atoms with Gasteiger partial charge in [0.05, 0.1) is 17.1 Å². The molecule has 0 amide bonds. The third kappa shape index (κ3) is 4.67. The van der Waals surface area contributed by atoms with Crippen molar-refractivity contribution in [3.8, 4) is 22.9 Å². The van der Waals surface area contributed by atoms with Gasteiger partial charge in [0.25, 0.3) is 0 Å². The van der Waals surface area contributed by atoms with Crippen molar-refractivity contribution in [2.24, 2.45) is 0 Å². The van der Waals surface area contributed by atoms with Crippen LogP contribution < -0.4 is 4.74 Å². The van der Waals surface area contributed by atoms with Gasteiger partial charge >= 0.3 is 5.97 Å². The van der Waals surface area contributed by atoms with Crippen molar-refractivity contribution in [1.82, 2.24) is 15.2 Å². The van der Waals surface area contributed by atoms with E-state index in [9.17, 15) is 15.0 Å². The van der Waals surface area contributed by atoms with Gasteiger partial charge < -0.3 is 14.9 Å². The predicted octanol–water partition coefficient (Wildman–Crippen LogP) is 4.82. The van der Waals surface area contributed by atoms with Crippen molar-refractivity contribution in [2.45, 2.75) is 5.16 Å². The number of aliphatic carboxylic acids is 1. The second-order valence-corrected chi connectivity index (χ2v) is 7.74. The summed E-state index contributed by atoms with van der Waals surface area (Å²) < 4.78 is 5.76. The van der Waals surface area contributed by atoms with E-state index >= 15 is 0 Å². The Hall–Kier alpha value is -2.49. The SMILES string of the molecule is COc1ccc(Cl)cc1-c1nc(S/C(=C\c2ccc(O)c(Br)c2)C(=O)O)n[nH]1. The number of nitrogens with zero attached hydrogens (tertiary/aromatic N) is 2. The molecule has 3 N–H and O–H groups in total. The number of halogens is 2. The topological polar surface area (TPSA) is 108 Å². The minimum absolute atomic E-state index is 0.0150. The van der Waals surface area contributed by atoms with Gasteiger partial charge in [-0.15, -0.1) is 5.10 Å². The smallest absolute Gasteiger partial charge is 0.342 e. The number of aromatic hydroxyl groups is 1. The van der Waals surface area contributed by atoms with Gasteiger partial charge in [-0.1, -0.05) is 17.7 Å². The number of hydrogen-bond donors (Lipinski definition) is 3. The molecule has 1 heterocycles. The summed E-state index contributed by atoms with van der Waals surface area (Å²) in [6.07, 6.45) is 1.47. The highest BCUT2D eigenvalue weighted by molar-refractivity contribution is 9.10. The molecule has 10 heteroatoms. The van der Waals surface area contributed by atoms with E-state index < -0.39 is 5.97 Å². The number of ether oxygens (including phenoxy) is 1. The summed E-state index contributed by atoms with van der Waals surface area (Å²) in [5.74, 6) is -0.101. The van der Waals surface area contributed by atoms with E-state index in [4.69, 9.17) is 16.3 Å². The van der Waals surface area contributed by atoms with E-state index in [1.165, 1.54) is 19.3 Å². The number of aromatic nitrogens is 3. The fourth-order valence-electron chi connectivity index (χ4n) is 2.28. The number of benzene rings is 2. The number of rotatable bonds is 6. The molecule has 144 valence electrons. The van der Waals surface area contributed by atoms with Crippen LogP contribution in [0.2, 0.25) is 5.02 Å². The van der Waals surface area contributed by atoms with Crippen LogP contribution in [-0.4, -0.2) is 38.5 Å². The van der Waals surface area contributed by atoms with Crippen LogP contribution >= 0.6 is 39.3 Å². The van der Waals surface area contributed by atoms with Gasteiger partial charge in [0.15, 0.2) is 5.82 Å². The van der Waals surface area contributed by atoms with Crippen molar-refractivity contribution < 1.29 is 19.7 Å². The molecule has 3 rings (SSSR count). The Labute approximate surface area is 177 Å². The molecule has 0 saturated carbocycles. The van der Waals surface area contributed by atoms with Crippen molar-refractivity contribution >= 4 is 51.3 Å². The highest BCUT2D eigenvalue weighted by Crippen LogP contribution is 2.33. The zero-order chi connectivity index (χ0) is 20.3. The summed E-state index contributed by atoms with van der Waals surface area (Å²) in [4.78, 5) is 16.0. The molecule has 0 aliphatic carbocycles. The van der Waals surface area contributed by atoms with Crippen LogP contribution in [0.5, 0.6) is 11.5 Å². The van der Waals surface area contributed by atoms with Crippen LogP contribution in [0.3, 0.4) is 0 Å². The van der Waals surface area contributed by atoms with Gasteiger partial charge in [-0.2, -0.15) is 0 Å². The van der Waals surface area contributed by atoms with Crippen LogP contribution in [0.1, 0.15) is 5.56 Å². The summed E-state index contributed by atoms with van der Waals surface area (Å²) in [6, 6.07) is 9.76. The number of aromatic amines is 1. The normalized spacial score (nSPS) is 11.5. The fraction of sp³-hybridized carbons (Fsp3) is 0.0556. The Morgan fingerprint density at radius 3 is 2.79 bits per heavy atom. The average Bonchev–Trinajstić information content (AvgIpc) is 3.12. The summed E-state index contributed by atoms with van der Waals surface area (Å²) in [6.45, 7) is 0. The third-order valence-electron chi connectivity index (χ3n) is 3.56. The number of methoxy groups -OCH3 is 1. The zero-order valence-corrected chi connectivity index (χ0v) is 17.5. The Bertz CT molecular complexity index is 1070. The molecule has 1 aromatic heterocycles. The first-order valence-electron chi connectivity index (χ1n) is 7.75. The summed E-state index contributed by atoms with van der Waals surface area (Å²) in [5, 5.41) is 26.6. The van der Waals surface area contributed by atoms with Gasteiger partial charge in [0.1, 0.15) is 16.4 Å². The molecule has 0 unspecified atom stereocenters. The largest absolute Gasteiger partial charge is 0.507 e. The first-order valence-corrected chi connectivity index (χ1v) is 9.74. The molecular formula is C18H13BrClN3O4S. The number of carboxylic acids is 1. The summed E-state index contributed by atoms with van der Waals surface area (Å²) in [7, 11) is 1.53. The minimum atomic E-state index is -1.12. The van der Waals surface area contributed by atoms with Gasteiger partial charge in [-0.05, 0) is 69.7 Å². The van der Waals surface area contributed by atoms with Gasteiger partial charge in [-0.3, -0.25) is 5.10 Å². The zero-order valence-electron chi connectivity index (χ0n) is 14.3. The maximum absolute atomic E-state index is 11.6. The number of thioether (sulfide) groups is 1. The quantitative estimate of drug-likeness (QED) is 0.341. The summed E-state index contributed by atoms with van der Waals surface area (Å²) >= 11 is 10.1. The van der Waals surface area contributed by atoms with Crippen molar-refractivity contribution in [3.63, 3.8) is 0 Å². The fourth-order valence-corrected chi connectivity index (χ4v) is 3.55. The second kappa shape index (κ2) is 8.68. The third-order valence-corrected chi connectivity index (χ3v) is 5.31. The molecule has 3 aromatic rings. The average molecular weight is 483 g/mol. The Balaban J connectivity index is 1.90. The molecule has 28 heavy (non-hydrogen) atoms. The Morgan fingerprint density at radius 1 is 1.32 bits per heavy atom. The number of phenols is 1. The van der Waals surface area contributed by atoms with Crippen LogP contribution in [0.15, 0.2) is 50.9 Å². The van der Waals surface area contributed by atoms with Crippen LogP contribution in [-0.2, 0) is 4.79 Å². The van der Waals surface area contributed by atoms with E-state index in [1.54, 1.807) is 30.3 Å². The van der Waals surface area contributed by atoms with Crippen LogP contribution in [0, 0.1) is 0 Å². The van der Waals surface area contributed by atoms with Crippen LogP contribution in [0.4, 0.5) is 0 Å². The number of hydrogen-bond acceptors (Lipinski definition) is 6. The lowest BCUT2D eigenvalue weighted by Crippen LogP contribution is -1.97. The molecule has 0 saturated heterocycles. The lowest BCUT2D eigenvalue weighted by atomic mass is 10.2. The van der Waals surface area contributed by atoms with Crippen molar-refractivity contribution in [2.75, 3.05) is 7.11 Å². The van der Waals surface area contributed by atoms with Gasteiger partial charge in [0, 0.05) is 5.02 Å². The molecule has 0 aliphatic rings.